The molecule has 0 amide bonds. The van der Waals surface area contributed by atoms with Crippen LogP contribution < -0.4 is 11.3 Å². The van der Waals surface area contributed by atoms with Crippen LogP contribution in [0.2, 0.25) is 0 Å². The van der Waals surface area contributed by atoms with Crippen molar-refractivity contribution >= 4 is 17.1 Å². The van der Waals surface area contributed by atoms with Gasteiger partial charge in [-0.1, -0.05) is 0 Å². The molecule has 1 aliphatic heterocycles. The molecule has 0 unspecified atom stereocenters. The molecule has 2 aromatic rings. The largest absolute Gasteiger partial charge is 0.387 e. The van der Waals surface area contributed by atoms with Crippen LogP contribution >= 0.6 is 0 Å². The Balaban J connectivity index is 2.09. The van der Waals surface area contributed by atoms with E-state index in [0.29, 0.717) is 6.61 Å². The van der Waals surface area contributed by atoms with Gasteiger partial charge in [-0.25, -0.2) is 4.98 Å². The number of H-pyrrole nitrogens is 1. The van der Waals surface area contributed by atoms with Gasteiger partial charge in [0.1, 0.15) is 24.9 Å². The molecule has 0 bridgehead atoms. The van der Waals surface area contributed by atoms with E-state index in [2.05, 4.69) is 15.0 Å². The van der Waals surface area contributed by atoms with E-state index in [4.69, 9.17) is 15.6 Å². The Morgan fingerprint density at radius 3 is 2.85 bits per heavy atom. The molecule has 3 heterocycles. The predicted octanol–water partition coefficient (Wildman–Crippen LogP) is -2.14. The van der Waals surface area contributed by atoms with Gasteiger partial charge in [0.2, 0.25) is 5.95 Å². The van der Waals surface area contributed by atoms with Crippen molar-refractivity contribution < 1.29 is 20.1 Å². The molecule has 1 saturated heterocycles. The van der Waals surface area contributed by atoms with Crippen molar-refractivity contribution in [3.63, 3.8) is 0 Å². The highest BCUT2D eigenvalue weighted by molar-refractivity contribution is 5.70. The molecular formula is C10H12N5O5. The Labute approximate surface area is 111 Å². The third-order valence-corrected chi connectivity index (χ3v) is 3.15. The quantitative estimate of drug-likeness (QED) is 0.417. The summed E-state index contributed by atoms with van der Waals surface area (Å²) in [5.74, 6) is -0.109. The van der Waals surface area contributed by atoms with Crippen molar-refractivity contribution in [3.05, 3.63) is 23.3 Å². The minimum absolute atomic E-state index is 0.0286. The second-order valence-electron chi connectivity index (χ2n) is 4.40. The Morgan fingerprint density at radius 2 is 2.20 bits per heavy atom. The van der Waals surface area contributed by atoms with Crippen LogP contribution in [0.4, 0.5) is 5.95 Å². The number of aliphatic hydroxyl groups is 3. The number of nitrogens with two attached hydrogens (primary N) is 1. The summed E-state index contributed by atoms with van der Waals surface area (Å²) >= 11 is 0. The zero-order valence-corrected chi connectivity index (χ0v) is 10.0. The number of aromatic amines is 1. The molecule has 10 heteroatoms. The van der Waals surface area contributed by atoms with Crippen LogP contribution in [0.25, 0.3) is 11.2 Å². The van der Waals surface area contributed by atoms with Gasteiger partial charge in [0.05, 0.1) is 6.33 Å². The highest BCUT2D eigenvalue weighted by Gasteiger charge is 2.44. The van der Waals surface area contributed by atoms with Crippen LogP contribution in [-0.4, -0.2) is 53.2 Å². The van der Waals surface area contributed by atoms with Gasteiger partial charge in [0.15, 0.2) is 17.4 Å². The maximum absolute atomic E-state index is 11.6. The normalized spacial score (nSPS) is 30.1. The summed E-state index contributed by atoms with van der Waals surface area (Å²) in [5, 5.41) is 28.6. The molecule has 1 radical (unpaired) electrons. The third-order valence-electron chi connectivity index (χ3n) is 3.15. The fourth-order valence-electron chi connectivity index (χ4n) is 2.17. The van der Waals surface area contributed by atoms with Crippen LogP contribution in [0.15, 0.2) is 11.1 Å². The monoisotopic (exact) mass is 282 g/mol. The molecule has 0 saturated carbocycles. The Hall–Kier alpha value is -2.01. The van der Waals surface area contributed by atoms with Crippen molar-refractivity contribution in [1.29, 1.82) is 0 Å². The SMILES string of the molecule is Nc1nc2c(ncn2[C@@H]2O[C@H]([CH]O)[C@@H](O)[C@H]2O)c(=O)[nH]1. The summed E-state index contributed by atoms with van der Waals surface area (Å²) in [6, 6.07) is 0. The molecule has 0 aromatic carbocycles. The van der Waals surface area contributed by atoms with E-state index in [1.54, 1.807) is 0 Å². The van der Waals surface area contributed by atoms with Crippen LogP contribution in [0.5, 0.6) is 0 Å². The first-order chi connectivity index (χ1) is 9.52. The maximum Gasteiger partial charge on any atom is 0.280 e. The molecule has 1 fully saturated rings. The Bertz CT molecular complexity index is 697. The van der Waals surface area contributed by atoms with E-state index in [-0.39, 0.29) is 17.1 Å². The third kappa shape index (κ3) is 1.78. The van der Waals surface area contributed by atoms with Gasteiger partial charge in [-0.3, -0.25) is 14.3 Å². The highest BCUT2D eigenvalue weighted by Crippen LogP contribution is 2.31. The molecule has 10 nitrogen and oxygen atoms in total. The van der Waals surface area contributed by atoms with Gasteiger partial charge in [-0.2, -0.15) is 4.98 Å². The Morgan fingerprint density at radius 1 is 1.45 bits per heavy atom. The minimum atomic E-state index is -1.32. The standard InChI is InChI=1S/C10H12N5O5/c11-10-13-7-4(8(19)14-10)12-2-15(7)9-6(18)5(17)3(1-16)20-9/h1-3,5-6,9,16-18H,(H3,11,13,14,19)/t3-,5-,6-,9-/m1/s1. The highest BCUT2D eigenvalue weighted by atomic mass is 16.6. The van der Waals surface area contributed by atoms with Crippen molar-refractivity contribution in [1.82, 2.24) is 19.5 Å². The van der Waals surface area contributed by atoms with Crippen molar-refractivity contribution in [3.8, 4) is 0 Å². The first-order valence-corrected chi connectivity index (χ1v) is 5.74. The smallest absolute Gasteiger partial charge is 0.280 e. The summed E-state index contributed by atoms with van der Waals surface area (Å²) in [5.41, 5.74) is 5.08. The summed E-state index contributed by atoms with van der Waals surface area (Å²) in [4.78, 5) is 21.7. The van der Waals surface area contributed by atoms with Gasteiger partial charge in [-0.15, -0.1) is 0 Å². The number of ether oxygens (including phenoxy) is 1. The van der Waals surface area contributed by atoms with Crippen LogP contribution in [0, 0.1) is 6.61 Å². The number of aliphatic hydroxyl groups excluding tert-OH is 3. The molecule has 0 aliphatic carbocycles. The summed E-state index contributed by atoms with van der Waals surface area (Å²) < 4.78 is 6.57. The van der Waals surface area contributed by atoms with Crippen LogP contribution in [0.1, 0.15) is 6.23 Å². The van der Waals surface area contributed by atoms with E-state index >= 15 is 0 Å². The fourth-order valence-corrected chi connectivity index (χ4v) is 2.17. The zero-order chi connectivity index (χ0) is 14.4. The van der Waals surface area contributed by atoms with Gasteiger partial charge in [-0.05, 0) is 0 Å². The van der Waals surface area contributed by atoms with E-state index in [9.17, 15) is 15.0 Å². The second-order valence-corrected chi connectivity index (χ2v) is 4.40. The number of imidazole rings is 1. The number of anilines is 1. The molecule has 4 atom stereocenters. The molecule has 1 aliphatic rings. The van der Waals surface area contributed by atoms with Gasteiger partial charge in [0, 0.05) is 0 Å². The van der Waals surface area contributed by atoms with Gasteiger partial charge >= 0.3 is 0 Å². The molecule has 2 aromatic heterocycles. The molecule has 20 heavy (non-hydrogen) atoms. The average molecular weight is 282 g/mol. The molecule has 107 valence electrons. The molecule has 6 N–H and O–H groups in total. The van der Waals surface area contributed by atoms with Crippen molar-refractivity contribution in [2.24, 2.45) is 0 Å². The van der Waals surface area contributed by atoms with Crippen molar-refractivity contribution in [2.75, 3.05) is 5.73 Å². The summed E-state index contributed by atoms with van der Waals surface area (Å²) in [7, 11) is 0. The van der Waals surface area contributed by atoms with Gasteiger partial charge < -0.3 is 25.8 Å². The lowest BCUT2D eigenvalue weighted by Crippen LogP contribution is -2.31. The number of rotatable bonds is 2. The second kappa shape index (κ2) is 4.52. The number of fused-ring (bicyclic) bond motifs is 1. The number of aromatic nitrogens is 4. The number of hydrogen-bond donors (Lipinski definition) is 5. The lowest BCUT2D eigenvalue weighted by Gasteiger charge is -2.16. The van der Waals surface area contributed by atoms with E-state index in [1.807, 2.05) is 0 Å². The van der Waals surface area contributed by atoms with E-state index in [0.717, 1.165) is 0 Å². The molecule has 0 spiro atoms. The first-order valence-electron chi connectivity index (χ1n) is 5.74. The minimum Gasteiger partial charge on any atom is -0.387 e. The lowest BCUT2D eigenvalue weighted by molar-refractivity contribution is -0.0361. The van der Waals surface area contributed by atoms with Crippen LogP contribution in [-0.2, 0) is 4.74 Å². The lowest BCUT2D eigenvalue weighted by atomic mass is 10.1. The number of nitrogens with one attached hydrogen (secondary N) is 1. The fraction of sp³-hybridized carbons (Fsp3) is 0.400. The average Bonchev–Trinajstić information content (AvgIpc) is 2.93. The van der Waals surface area contributed by atoms with Gasteiger partial charge in [0.25, 0.3) is 5.56 Å². The maximum atomic E-state index is 11.6. The Kier molecular flexibility index (Phi) is 2.94. The summed E-state index contributed by atoms with van der Waals surface area (Å²) in [6.45, 7) is 0.640. The molecule has 3 rings (SSSR count). The van der Waals surface area contributed by atoms with E-state index < -0.39 is 30.1 Å². The number of nitrogens with zero attached hydrogens (tertiary/aromatic N) is 3. The number of nitrogen functional groups attached to an aromatic ring is 1. The summed E-state index contributed by atoms with van der Waals surface area (Å²) in [6.07, 6.45) is -3.47. The zero-order valence-electron chi connectivity index (χ0n) is 10.0. The first kappa shape index (κ1) is 13.0. The van der Waals surface area contributed by atoms with Crippen LogP contribution in [0.3, 0.4) is 0 Å². The molecular weight excluding hydrogens is 270 g/mol. The number of hydrogen-bond acceptors (Lipinski definition) is 8. The van der Waals surface area contributed by atoms with Crippen molar-refractivity contribution in [2.45, 2.75) is 24.5 Å². The van der Waals surface area contributed by atoms with E-state index in [1.165, 1.54) is 10.9 Å². The predicted molar refractivity (Wildman–Crippen MR) is 64.7 cm³/mol. The topological polar surface area (TPSA) is 160 Å².